The van der Waals surface area contributed by atoms with Crippen molar-refractivity contribution in [3.05, 3.63) is 29.8 Å². The molecule has 1 rings (SSSR count). The molecule has 0 saturated carbocycles. The highest BCUT2D eigenvalue weighted by Gasteiger charge is 2.23. The first-order valence-electron chi connectivity index (χ1n) is 5.78. The number of rotatable bonds is 5. The van der Waals surface area contributed by atoms with Crippen molar-refractivity contribution in [2.75, 3.05) is 4.73 Å². The van der Waals surface area contributed by atoms with Crippen LogP contribution in [0.25, 0.3) is 0 Å². The Bertz CT molecular complexity index is 349. The summed E-state index contributed by atoms with van der Waals surface area (Å²) in [5.74, 6) is 0.561. The van der Waals surface area contributed by atoms with Gasteiger partial charge in [0.15, 0.2) is 8.96 Å². The van der Waals surface area contributed by atoms with E-state index in [0.717, 1.165) is 11.3 Å². The molecule has 0 aliphatic heterocycles. The van der Waals surface area contributed by atoms with Crippen LogP contribution < -0.4 is 4.73 Å². The summed E-state index contributed by atoms with van der Waals surface area (Å²) in [6, 6.07) is 8.31. The third-order valence-corrected chi connectivity index (χ3v) is 4.48. The fourth-order valence-electron chi connectivity index (χ4n) is 1.40. The monoisotopic (exact) mass is 286 g/mol. The number of hydrogen-bond acceptors (Lipinski definition) is 2. The minimum atomic E-state index is -1.56. The van der Waals surface area contributed by atoms with E-state index in [-0.39, 0.29) is 0 Å². The van der Waals surface area contributed by atoms with E-state index in [9.17, 15) is 0 Å². The fourth-order valence-corrected chi connectivity index (χ4v) is 4.45. The lowest BCUT2D eigenvalue weighted by Gasteiger charge is -2.33. The molecular weight excluding hydrogens is 266 g/mol. The predicted molar refractivity (Wildman–Crippen MR) is 80.4 cm³/mol. The van der Waals surface area contributed by atoms with Gasteiger partial charge >= 0.3 is 0 Å². The van der Waals surface area contributed by atoms with Crippen LogP contribution in [0.3, 0.4) is 0 Å². The molecule has 0 aliphatic rings. The maximum absolute atomic E-state index is 6.14. The van der Waals surface area contributed by atoms with Gasteiger partial charge in [0.25, 0.3) is 0 Å². The van der Waals surface area contributed by atoms with E-state index < -0.39 is 17.3 Å². The molecule has 0 saturated heterocycles. The number of hydrogen-bond donors (Lipinski definition) is 0. The van der Waals surface area contributed by atoms with Crippen LogP contribution in [-0.4, -0.2) is 17.3 Å². The minimum Gasteiger partial charge on any atom is -0.329 e. The van der Waals surface area contributed by atoms with Crippen molar-refractivity contribution < 1.29 is 4.53 Å². The van der Waals surface area contributed by atoms with Crippen LogP contribution >= 0.6 is 11.6 Å². The molecule has 5 heteroatoms. The minimum absolute atomic E-state index is 0.561. The van der Waals surface area contributed by atoms with Gasteiger partial charge in [0.2, 0.25) is 8.32 Å². The standard InChI is InChI=1S/C12H21ClNOSi2/c1-16(2)14(15-17(3,4)5)12-8-6-11(10-13)7-9-12/h6-9H,10H2,1-5H3. The summed E-state index contributed by atoms with van der Waals surface area (Å²) in [6.45, 7) is 11.1. The molecule has 0 bridgehead atoms. The van der Waals surface area contributed by atoms with E-state index in [2.05, 4.69) is 61.7 Å². The number of nitrogens with zero attached hydrogens (tertiary/aromatic N) is 1. The average Bonchev–Trinajstić information content (AvgIpc) is 2.25. The molecule has 0 heterocycles. The van der Waals surface area contributed by atoms with Gasteiger partial charge in [-0.2, -0.15) is 0 Å². The molecule has 0 amide bonds. The molecular formula is C12H21ClNOSi2. The summed E-state index contributed by atoms with van der Waals surface area (Å²) in [6.07, 6.45) is 0. The Kier molecular flexibility index (Phi) is 5.25. The predicted octanol–water partition coefficient (Wildman–Crippen LogP) is 4.25. The smallest absolute Gasteiger partial charge is 0.219 e. The van der Waals surface area contributed by atoms with Crippen molar-refractivity contribution in [2.45, 2.75) is 38.6 Å². The zero-order valence-corrected chi connectivity index (χ0v) is 14.0. The van der Waals surface area contributed by atoms with Gasteiger partial charge in [-0.1, -0.05) is 12.1 Å². The Labute approximate surface area is 112 Å². The zero-order valence-electron chi connectivity index (χ0n) is 11.2. The van der Waals surface area contributed by atoms with Gasteiger partial charge in [0, 0.05) is 5.88 Å². The number of halogens is 1. The number of alkyl halides is 1. The van der Waals surface area contributed by atoms with E-state index in [1.807, 2.05) is 0 Å². The lowest BCUT2D eigenvalue weighted by molar-refractivity contribution is 0.334. The molecule has 1 radical (unpaired) electrons. The van der Waals surface area contributed by atoms with Crippen molar-refractivity contribution in [3.8, 4) is 0 Å². The van der Waals surface area contributed by atoms with Gasteiger partial charge in [-0.05, 0) is 50.4 Å². The Morgan fingerprint density at radius 1 is 1.18 bits per heavy atom. The van der Waals surface area contributed by atoms with Gasteiger partial charge < -0.3 is 4.53 Å². The molecule has 0 N–H and O–H groups in total. The van der Waals surface area contributed by atoms with Crippen molar-refractivity contribution in [3.63, 3.8) is 0 Å². The highest BCUT2D eigenvalue weighted by Crippen LogP contribution is 2.21. The van der Waals surface area contributed by atoms with Crippen LogP contribution in [0.1, 0.15) is 5.56 Å². The van der Waals surface area contributed by atoms with Gasteiger partial charge in [-0.15, -0.1) is 11.6 Å². The normalized spacial score (nSPS) is 11.9. The molecule has 0 unspecified atom stereocenters. The molecule has 0 aliphatic carbocycles. The van der Waals surface area contributed by atoms with Gasteiger partial charge in [-0.25, -0.2) is 0 Å². The van der Waals surface area contributed by atoms with E-state index in [0.29, 0.717) is 5.88 Å². The quantitative estimate of drug-likeness (QED) is 0.456. The van der Waals surface area contributed by atoms with Crippen LogP contribution in [-0.2, 0) is 10.4 Å². The molecule has 0 atom stereocenters. The highest BCUT2D eigenvalue weighted by atomic mass is 35.5. The Morgan fingerprint density at radius 3 is 2.06 bits per heavy atom. The van der Waals surface area contributed by atoms with Crippen molar-refractivity contribution in [2.24, 2.45) is 0 Å². The first-order chi connectivity index (χ1) is 7.83. The van der Waals surface area contributed by atoms with E-state index >= 15 is 0 Å². The maximum Gasteiger partial charge on any atom is 0.219 e. The van der Waals surface area contributed by atoms with E-state index in [4.69, 9.17) is 16.1 Å². The van der Waals surface area contributed by atoms with Gasteiger partial charge in [0.1, 0.15) is 0 Å². The Hall–Kier alpha value is -0.296. The summed E-state index contributed by atoms with van der Waals surface area (Å²) in [5.41, 5.74) is 2.28. The van der Waals surface area contributed by atoms with Gasteiger partial charge in [-0.3, -0.25) is 4.73 Å². The molecule has 0 spiro atoms. The van der Waals surface area contributed by atoms with Crippen LogP contribution in [0.15, 0.2) is 24.3 Å². The molecule has 1 aromatic carbocycles. The molecule has 95 valence electrons. The summed E-state index contributed by atoms with van der Waals surface area (Å²) < 4.78 is 8.25. The largest absolute Gasteiger partial charge is 0.329 e. The van der Waals surface area contributed by atoms with Crippen molar-refractivity contribution in [1.82, 2.24) is 0 Å². The molecule has 1 aromatic rings. The second-order valence-corrected chi connectivity index (χ2v) is 12.2. The molecule has 17 heavy (non-hydrogen) atoms. The second-order valence-electron chi connectivity index (χ2n) is 5.25. The van der Waals surface area contributed by atoms with E-state index in [1.54, 1.807) is 0 Å². The topological polar surface area (TPSA) is 12.5 Å². The number of benzene rings is 1. The first kappa shape index (κ1) is 14.8. The molecule has 2 nitrogen and oxygen atoms in total. The SMILES string of the molecule is C[Si](C)N(O[Si](C)(C)C)c1ccc(CCl)cc1. The molecule has 0 fully saturated rings. The summed E-state index contributed by atoms with van der Waals surface area (Å²) in [7, 11) is -2.23. The fraction of sp³-hybridized carbons (Fsp3) is 0.500. The Morgan fingerprint density at radius 2 is 1.71 bits per heavy atom. The third kappa shape index (κ3) is 4.83. The summed E-state index contributed by atoms with van der Waals surface area (Å²) in [5, 5.41) is 0. The van der Waals surface area contributed by atoms with Crippen LogP contribution in [0.5, 0.6) is 0 Å². The molecule has 0 aromatic heterocycles. The lowest BCUT2D eigenvalue weighted by Crippen LogP contribution is -2.43. The van der Waals surface area contributed by atoms with Crippen LogP contribution in [0, 0.1) is 0 Å². The third-order valence-electron chi connectivity index (χ3n) is 2.10. The zero-order chi connectivity index (χ0) is 13.1. The Balaban J connectivity index is 2.89. The second kappa shape index (κ2) is 6.04. The lowest BCUT2D eigenvalue weighted by atomic mass is 10.2. The summed E-state index contributed by atoms with van der Waals surface area (Å²) in [4.78, 5) is 0. The average molecular weight is 287 g/mol. The van der Waals surface area contributed by atoms with Gasteiger partial charge in [0.05, 0.1) is 5.69 Å². The van der Waals surface area contributed by atoms with Crippen molar-refractivity contribution in [1.29, 1.82) is 0 Å². The number of anilines is 1. The summed E-state index contributed by atoms with van der Waals surface area (Å²) >= 11 is 5.80. The van der Waals surface area contributed by atoms with Crippen LogP contribution in [0.2, 0.25) is 32.7 Å². The highest BCUT2D eigenvalue weighted by molar-refractivity contribution is 6.71. The maximum atomic E-state index is 6.14. The van der Waals surface area contributed by atoms with Crippen molar-refractivity contribution >= 4 is 34.6 Å². The van der Waals surface area contributed by atoms with E-state index in [1.165, 1.54) is 0 Å². The van der Waals surface area contributed by atoms with Crippen LogP contribution in [0.4, 0.5) is 5.69 Å². The first-order valence-corrected chi connectivity index (χ1v) is 12.2.